The fourth-order valence-electron chi connectivity index (χ4n) is 4.80. The molecule has 7 heteroatoms. The van der Waals surface area contributed by atoms with Crippen LogP contribution in [0.2, 0.25) is 5.02 Å². The number of benzene rings is 3. The Bertz CT molecular complexity index is 1430. The van der Waals surface area contributed by atoms with Crippen LogP contribution in [0, 0.1) is 13.8 Å². The Morgan fingerprint density at radius 1 is 1.00 bits per heavy atom. The number of hydrogen-bond donors (Lipinski definition) is 2. The highest BCUT2D eigenvalue weighted by molar-refractivity contribution is 6.52. The van der Waals surface area contributed by atoms with Crippen molar-refractivity contribution >= 4 is 34.7 Å². The predicted molar refractivity (Wildman–Crippen MR) is 146 cm³/mol. The Balaban J connectivity index is 2.02. The number of ketones is 1. The van der Waals surface area contributed by atoms with E-state index in [1.165, 1.54) is 30.2 Å². The van der Waals surface area contributed by atoms with Gasteiger partial charge < -0.3 is 14.9 Å². The normalized spacial score (nSPS) is 17.4. The number of ether oxygens (including phenoxy) is 1. The lowest BCUT2D eigenvalue weighted by Crippen LogP contribution is -2.29. The Morgan fingerprint density at radius 2 is 1.65 bits per heavy atom. The van der Waals surface area contributed by atoms with Crippen LogP contribution < -0.4 is 9.64 Å². The first-order chi connectivity index (χ1) is 17.3. The van der Waals surface area contributed by atoms with Crippen molar-refractivity contribution < 1.29 is 24.5 Å². The molecule has 0 spiro atoms. The van der Waals surface area contributed by atoms with Gasteiger partial charge in [-0.25, -0.2) is 0 Å². The number of Topliss-reactive ketones (excluding diaryl/α,β-unsaturated/α-hetero) is 1. The van der Waals surface area contributed by atoms with Crippen LogP contribution >= 0.6 is 11.6 Å². The number of phenols is 1. The summed E-state index contributed by atoms with van der Waals surface area (Å²) in [6, 6.07) is 14.4. The summed E-state index contributed by atoms with van der Waals surface area (Å²) in [5.74, 6) is -1.92. The van der Waals surface area contributed by atoms with Crippen molar-refractivity contribution in [1.29, 1.82) is 0 Å². The Kier molecular flexibility index (Phi) is 6.82. The minimum absolute atomic E-state index is 0.0749. The number of phenolic OH excluding ortho intramolecular Hbond substituents is 1. The van der Waals surface area contributed by atoms with Crippen molar-refractivity contribution in [2.45, 2.75) is 46.1 Å². The summed E-state index contributed by atoms with van der Waals surface area (Å²) in [4.78, 5) is 28.2. The van der Waals surface area contributed by atoms with Crippen LogP contribution in [0.5, 0.6) is 11.5 Å². The maximum atomic E-state index is 13.5. The van der Waals surface area contributed by atoms with E-state index in [0.29, 0.717) is 16.9 Å². The molecule has 192 valence electrons. The van der Waals surface area contributed by atoms with Gasteiger partial charge >= 0.3 is 0 Å². The molecule has 0 bridgehead atoms. The summed E-state index contributed by atoms with van der Waals surface area (Å²) in [5.41, 5.74) is 3.46. The summed E-state index contributed by atoms with van der Waals surface area (Å²) in [6.45, 7) is 9.97. The van der Waals surface area contributed by atoms with Gasteiger partial charge in [0, 0.05) is 5.02 Å². The second-order valence-electron chi connectivity index (χ2n) is 10.3. The van der Waals surface area contributed by atoms with Crippen LogP contribution in [0.1, 0.15) is 54.6 Å². The fraction of sp³-hybridized carbons (Fsp3) is 0.267. The van der Waals surface area contributed by atoms with Crippen LogP contribution in [-0.4, -0.2) is 29.0 Å². The highest BCUT2D eigenvalue weighted by Crippen LogP contribution is 2.46. The number of nitrogens with zero attached hydrogens (tertiary/aromatic N) is 1. The average molecular weight is 520 g/mol. The first-order valence-electron chi connectivity index (χ1n) is 11.9. The van der Waals surface area contributed by atoms with E-state index in [0.717, 1.165) is 16.7 Å². The molecule has 0 radical (unpaired) electrons. The van der Waals surface area contributed by atoms with Crippen molar-refractivity contribution in [1.82, 2.24) is 0 Å². The van der Waals surface area contributed by atoms with Crippen molar-refractivity contribution in [2.24, 2.45) is 0 Å². The van der Waals surface area contributed by atoms with Gasteiger partial charge in [0.15, 0.2) is 0 Å². The predicted octanol–water partition coefficient (Wildman–Crippen LogP) is 6.59. The Hall–Kier alpha value is -3.77. The molecule has 2 N–H and O–H groups in total. The SMILES string of the molecule is COc1c(C)cc(C)cc1/C(O)=C1\C(=O)C(=O)N(c2cc(Cl)ccc2O)C1c1ccc(C(C)(C)C)cc1. The van der Waals surface area contributed by atoms with E-state index in [1.807, 2.05) is 44.2 Å². The Morgan fingerprint density at radius 3 is 2.24 bits per heavy atom. The molecule has 3 aromatic rings. The third kappa shape index (κ3) is 4.69. The molecular weight excluding hydrogens is 490 g/mol. The number of anilines is 1. The van der Waals surface area contributed by atoms with Crippen LogP contribution in [0.15, 0.2) is 60.2 Å². The summed E-state index contributed by atoms with van der Waals surface area (Å²) in [7, 11) is 1.49. The zero-order valence-electron chi connectivity index (χ0n) is 21.7. The standard InChI is InChI=1S/C30H30ClNO5/c1-16-13-17(2)28(37-6)21(14-16)26(34)24-25(18-7-9-19(10-8-18)30(3,4)5)32(29(36)27(24)35)22-15-20(31)11-12-23(22)33/h7-15,25,33-34H,1-6H3/b26-24+. The Labute approximate surface area is 221 Å². The van der Waals surface area contributed by atoms with Crippen molar-refractivity contribution in [2.75, 3.05) is 12.0 Å². The number of hydrogen-bond acceptors (Lipinski definition) is 5. The van der Waals surface area contributed by atoms with Gasteiger partial charge in [0.1, 0.15) is 17.3 Å². The van der Waals surface area contributed by atoms with E-state index < -0.39 is 17.7 Å². The largest absolute Gasteiger partial charge is 0.507 e. The molecule has 1 atom stereocenters. The van der Waals surface area contributed by atoms with Gasteiger partial charge in [-0.05, 0) is 65.8 Å². The average Bonchev–Trinajstić information content (AvgIpc) is 3.09. The first kappa shape index (κ1) is 26.3. The highest BCUT2D eigenvalue weighted by atomic mass is 35.5. The summed E-state index contributed by atoms with van der Waals surface area (Å²) in [5, 5.41) is 22.5. The fourth-order valence-corrected chi connectivity index (χ4v) is 4.96. The van der Waals surface area contributed by atoms with Crippen LogP contribution in [0.25, 0.3) is 5.76 Å². The number of carbonyl (C=O) groups is 2. The van der Waals surface area contributed by atoms with E-state index in [2.05, 4.69) is 20.8 Å². The van der Waals surface area contributed by atoms with E-state index in [4.69, 9.17) is 16.3 Å². The molecule has 0 saturated carbocycles. The molecule has 4 rings (SSSR count). The topological polar surface area (TPSA) is 87.1 Å². The van der Waals surface area contributed by atoms with Crippen LogP contribution in [-0.2, 0) is 15.0 Å². The summed E-state index contributed by atoms with van der Waals surface area (Å²) < 4.78 is 5.55. The zero-order valence-corrected chi connectivity index (χ0v) is 22.5. The minimum Gasteiger partial charge on any atom is -0.507 e. The molecule has 1 unspecified atom stereocenters. The molecular formula is C30H30ClNO5. The van der Waals surface area contributed by atoms with E-state index >= 15 is 0 Å². The number of aliphatic hydroxyl groups is 1. The first-order valence-corrected chi connectivity index (χ1v) is 12.3. The van der Waals surface area contributed by atoms with Crippen molar-refractivity contribution in [3.8, 4) is 11.5 Å². The lowest BCUT2D eigenvalue weighted by molar-refractivity contribution is -0.132. The molecule has 0 aliphatic carbocycles. The molecule has 1 saturated heterocycles. The van der Waals surface area contributed by atoms with Gasteiger partial charge in [-0.1, -0.05) is 62.7 Å². The van der Waals surface area contributed by atoms with Gasteiger partial charge in [-0.2, -0.15) is 0 Å². The number of aliphatic hydroxyl groups excluding tert-OH is 1. The zero-order chi connectivity index (χ0) is 27.2. The monoisotopic (exact) mass is 519 g/mol. The number of amides is 1. The van der Waals surface area contributed by atoms with Gasteiger partial charge in [0.2, 0.25) is 0 Å². The second kappa shape index (κ2) is 9.60. The number of rotatable bonds is 4. The quantitative estimate of drug-likeness (QED) is 0.230. The van der Waals surface area contributed by atoms with E-state index in [1.54, 1.807) is 6.07 Å². The molecule has 37 heavy (non-hydrogen) atoms. The number of aryl methyl sites for hydroxylation is 2. The minimum atomic E-state index is -1.01. The van der Waals surface area contributed by atoms with Crippen molar-refractivity contribution in [3.63, 3.8) is 0 Å². The van der Waals surface area contributed by atoms with Crippen LogP contribution in [0.4, 0.5) is 5.69 Å². The molecule has 3 aromatic carbocycles. The second-order valence-corrected chi connectivity index (χ2v) is 10.8. The maximum absolute atomic E-state index is 13.5. The molecule has 6 nitrogen and oxygen atoms in total. The molecule has 1 aliphatic heterocycles. The third-order valence-electron chi connectivity index (χ3n) is 6.61. The van der Waals surface area contributed by atoms with Gasteiger partial charge in [-0.15, -0.1) is 0 Å². The number of carbonyl (C=O) groups excluding carboxylic acids is 2. The number of halogens is 1. The summed E-state index contributed by atoms with van der Waals surface area (Å²) in [6.07, 6.45) is 0. The molecule has 1 aliphatic rings. The smallest absolute Gasteiger partial charge is 0.300 e. The van der Waals surface area contributed by atoms with Gasteiger partial charge in [-0.3, -0.25) is 14.5 Å². The molecule has 1 fully saturated rings. The van der Waals surface area contributed by atoms with Crippen molar-refractivity contribution in [3.05, 3.63) is 93.0 Å². The lowest BCUT2D eigenvalue weighted by atomic mass is 9.85. The van der Waals surface area contributed by atoms with E-state index in [9.17, 15) is 19.8 Å². The van der Waals surface area contributed by atoms with E-state index in [-0.39, 0.29) is 33.2 Å². The van der Waals surface area contributed by atoms with Gasteiger partial charge in [0.25, 0.3) is 11.7 Å². The summed E-state index contributed by atoms with van der Waals surface area (Å²) >= 11 is 6.20. The number of methoxy groups -OCH3 is 1. The lowest BCUT2D eigenvalue weighted by Gasteiger charge is -2.27. The van der Waals surface area contributed by atoms with Crippen LogP contribution in [0.3, 0.4) is 0 Å². The third-order valence-corrected chi connectivity index (χ3v) is 6.85. The highest BCUT2D eigenvalue weighted by Gasteiger charge is 2.48. The molecule has 0 aromatic heterocycles. The van der Waals surface area contributed by atoms with Gasteiger partial charge in [0.05, 0.1) is 30.0 Å². The maximum Gasteiger partial charge on any atom is 0.300 e. The molecule has 1 heterocycles. The molecule has 1 amide bonds. The number of aromatic hydroxyl groups is 1.